The molecule has 0 aromatic carbocycles. The van der Waals surface area contributed by atoms with Crippen molar-refractivity contribution in [3.05, 3.63) is 60.8 Å². The highest BCUT2D eigenvalue weighted by Crippen LogP contribution is 2.49. The van der Waals surface area contributed by atoms with E-state index in [-0.39, 0.29) is 12.8 Å². The van der Waals surface area contributed by atoms with Gasteiger partial charge in [0, 0.05) is 12.8 Å². The third kappa shape index (κ3) is 28.2. The number of carbonyl (C=O) groups excluding carboxylic acids is 2. The van der Waals surface area contributed by atoms with E-state index in [1.807, 2.05) is 0 Å². The number of esters is 2. The lowest BCUT2D eigenvalue weighted by molar-refractivity contribution is -0.216. The van der Waals surface area contributed by atoms with Gasteiger partial charge in [0.15, 0.2) is 6.10 Å². The van der Waals surface area contributed by atoms with Gasteiger partial charge < -0.3 is 49.3 Å². The SMILES string of the molecule is CC/C=C\C/C=C\C/C=C\C/C=C\CCCCCCC(=O)O[C@H](COC(=O)CCCCCCC/C=C\CC1OC1CCCCC)COP(=O)(O)O[C@H]1C(O)C(O)C(O)[C@@H](OP(=O)(O)O)C1O. The van der Waals surface area contributed by atoms with Crippen molar-refractivity contribution in [2.24, 2.45) is 0 Å². The molecule has 0 aromatic rings. The molecule has 1 aliphatic heterocycles. The highest BCUT2D eigenvalue weighted by molar-refractivity contribution is 7.47. The van der Waals surface area contributed by atoms with Crippen molar-refractivity contribution < 1.29 is 81.6 Å². The zero-order chi connectivity index (χ0) is 48.6. The third-order valence-corrected chi connectivity index (χ3v) is 12.5. The number of phosphoric acid groups is 2. The molecule has 10 atom stereocenters. The second-order valence-corrected chi connectivity index (χ2v) is 19.4. The predicted molar refractivity (Wildman–Crippen MR) is 250 cm³/mol. The number of unbranched alkanes of at least 4 members (excludes halogenated alkanes) is 11. The number of carbonyl (C=O) groups is 2. The Balaban J connectivity index is 1.80. The molecule has 66 heavy (non-hydrogen) atoms. The Labute approximate surface area is 392 Å². The first-order chi connectivity index (χ1) is 31.6. The molecule has 1 saturated carbocycles. The molecule has 7 unspecified atom stereocenters. The van der Waals surface area contributed by atoms with E-state index in [2.05, 4.69) is 79.1 Å². The molecule has 0 aromatic heterocycles. The first kappa shape index (κ1) is 59.8. The van der Waals surface area contributed by atoms with Crippen LogP contribution in [0.4, 0.5) is 0 Å². The molecule has 7 N–H and O–H groups in total. The minimum Gasteiger partial charge on any atom is -0.462 e. The minimum absolute atomic E-state index is 0.00759. The van der Waals surface area contributed by atoms with Gasteiger partial charge in [-0.1, -0.05) is 126 Å². The maximum absolute atomic E-state index is 13.0. The fourth-order valence-electron chi connectivity index (χ4n) is 7.20. The molecule has 2 rings (SSSR count). The van der Waals surface area contributed by atoms with Crippen molar-refractivity contribution >= 4 is 27.6 Å². The summed E-state index contributed by atoms with van der Waals surface area (Å²) in [6.07, 6.45) is 26.3. The molecular weight excluding hydrogens is 898 g/mol. The maximum Gasteiger partial charge on any atom is 0.472 e. The molecule has 0 radical (unpaired) electrons. The number of aliphatic hydroxyl groups excluding tert-OH is 4. The molecule has 17 nitrogen and oxygen atoms in total. The van der Waals surface area contributed by atoms with Gasteiger partial charge in [-0.15, -0.1) is 0 Å². The smallest absolute Gasteiger partial charge is 0.462 e. The summed E-state index contributed by atoms with van der Waals surface area (Å²) in [6, 6.07) is 0. The molecule has 0 amide bonds. The highest BCUT2D eigenvalue weighted by Gasteiger charge is 2.54. The molecule has 19 heteroatoms. The van der Waals surface area contributed by atoms with Gasteiger partial charge in [0.1, 0.15) is 43.2 Å². The Bertz CT molecular complexity index is 1580. The van der Waals surface area contributed by atoms with Crippen LogP contribution < -0.4 is 0 Å². The average Bonchev–Trinajstić information content (AvgIpc) is 4.03. The number of phosphoric ester groups is 2. The summed E-state index contributed by atoms with van der Waals surface area (Å²) in [7, 11) is -10.7. The van der Waals surface area contributed by atoms with Crippen molar-refractivity contribution in [1.82, 2.24) is 0 Å². The van der Waals surface area contributed by atoms with Crippen LogP contribution in [0.1, 0.15) is 155 Å². The van der Waals surface area contributed by atoms with E-state index in [4.69, 9.17) is 23.3 Å². The van der Waals surface area contributed by atoms with Crippen LogP contribution in [0.3, 0.4) is 0 Å². The number of hydrogen-bond acceptors (Lipinski definition) is 14. The maximum atomic E-state index is 13.0. The van der Waals surface area contributed by atoms with Crippen molar-refractivity contribution in [3.8, 4) is 0 Å². The van der Waals surface area contributed by atoms with Gasteiger partial charge in [-0.25, -0.2) is 9.13 Å². The molecule has 2 aliphatic rings. The second kappa shape index (κ2) is 34.9. The third-order valence-electron chi connectivity index (χ3n) is 11.0. The minimum atomic E-state index is -5.37. The van der Waals surface area contributed by atoms with Crippen LogP contribution in [0.25, 0.3) is 0 Å². The summed E-state index contributed by atoms with van der Waals surface area (Å²) in [5.74, 6) is -1.26. The number of allylic oxidation sites excluding steroid dienone is 9. The predicted octanol–water partition coefficient (Wildman–Crippen LogP) is 8.05. The Morgan fingerprint density at radius 3 is 1.70 bits per heavy atom. The summed E-state index contributed by atoms with van der Waals surface area (Å²) < 4.78 is 55.1. The average molecular weight is 979 g/mol. The van der Waals surface area contributed by atoms with E-state index in [1.165, 1.54) is 19.3 Å². The van der Waals surface area contributed by atoms with E-state index in [0.29, 0.717) is 25.0 Å². The number of ether oxygens (including phenoxy) is 3. The van der Waals surface area contributed by atoms with E-state index in [0.717, 1.165) is 96.3 Å². The first-order valence-electron chi connectivity index (χ1n) is 24.0. The molecule has 1 aliphatic carbocycles. The van der Waals surface area contributed by atoms with Crippen LogP contribution in [0.2, 0.25) is 0 Å². The van der Waals surface area contributed by atoms with Gasteiger partial charge in [0.25, 0.3) is 0 Å². The van der Waals surface area contributed by atoms with Crippen LogP contribution in [0.15, 0.2) is 60.8 Å². The monoisotopic (exact) mass is 978 g/mol. The molecular formula is C47H80O17P2. The van der Waals surface area contributed by atoms with E-state index in [9.17, 15) is 53.8 Å². The van der Waals surface area contributed by atoms with Crippen molar-refractivity contribution in [2.45, 2.75) is 210 Å². The van der Waals surface area contributed by atoms with E-state index >= 15 is 0 Å². The number of epoxide rings is 1. The quantitative estimate of drug-likeness (QED) is 0.0101. The zero-order valence-corrected chi connectivity index (χ0v) is 40.8. The van der Waals surface area contributed by atoms with Gasteiger partial charge in [0.2, 0.25) is 0 Å². The number of rotatable bonds is 38. The normalized spacial score (nSPS) is 25.1. The van der Waals surface area contributed by atoms with Crippen molar-refractivity contribution in [1.29, 1.82) is 0 Å². The summed E-state index contributed by atoms with van der Waals surface area (Å²) in [6.45, 7) is 2.92. The van der Waals surface area contributed by atoms with Gasteiger partial charge in [-0.2, -0.15) is 0 Å². The van der Waals surface area contributed by atoms with Crippen molar-refractivity contribution in [3.63, 3.8) is 0 Å². The number of aliphatic hydroxyl groups is 4. The molecule has 0 bridgehead atoms. The highest BCUT2D eigenvalue weighted by atomic mass is 31.2. The van der Waals surface area contributed by atoms with Crippen LogP contribution in [0, 0.1) is 0 Å². The lowest BCUT2D eigenvalue weighted by atomic mass is 9.85. The second-order valence-electron chi connectivity index (χ2n) is 16.8. The fourth-order valence-corrected chi connectivity index (χ4v) is 8.74. The number of hydrogen-bond donors (Lipinski definition) is 7. The lowest BCUT2D eigenvalue weighted by Crippen LogP contribution is -2.64. The van der Waals surface area contributed by atoms with Crippen LogP contribution in [-0.4, -0.2) is 115 Å². The van der Waals surface area contributed by atoms with Gasteiger partial charge in [0.05, 0.1) is 18.8 Å². The topological polar surface area (TPSA) is 269 Å². The summed E-state index contributed by atoms with van der Waals surface area (Å²) in [5.41, 5.74) is 0. The fraction of sp³-hybridized carbons (Fsp3) is 0.745. The largest absolute Gasteiger partial charge is 0.472 e. The Hall–Kier alpha value is -2.34. The lowest BCUT2D eigenvalue weighted by Gasteiger charge is -2.43. The first-order valence-corrected chi connectivity index (χ1v) is 27.0. The molecule has 380 valence electrons. The van der Waals surface area contributed by atoms with E-state index < -0.39 is 83.5 Å². The Morgan fingerprint density at radius 2 is 1.11 bits per heavy atom. The van der Waals surface area contributed by atoms with Crippen LogP contribution in [-0.2, 0) is 46.5 Å². The molecule has 1 saturated heterocycles. The zero-order valence-electron chi connectivity index (χ0n) is 39.0. The van der Waals surface area contributed by atoms with Gasteiger partial charge in [-0.3, -0.25) is 23.2 Å². The van der Waals surface area contributed by atoms with Gasteiger partial charge in [-0.05, 0) is 77.0 Å². The molecule has 0 spiro atoms. The van der Waals surface area contributed by atoms with E-state index in [1.54, 1.807) is 0 Å². The molecule has 2 fully saturated rings. The summed E-state index contributed by atoms with van der Waals surface area (Å²) in [5, 5.41) is 41.3. The van der Waals surface area contributed by atoms with Crippen molar-refractivity contribution in [2.75, 3.05) is 13.2 Å². The van der Waals surface area contributed by atoms with Crippen LogP contribution >= 0.6 is 15.6 Å². The Morgan fingerprint density at radius 1 is 0.576 bits per heavy atom. The standard InChI is InChI=1S/C47H80O17P2/c1-3-5-7-8-9-10-11-12-13-14-15-16-17-18-23-26-30-34-41(49)61-37(36-60-66(57,58)64-47-44(52)42(50)43(51)46(45(47)53)63-65(54,55)56)35-59-40(48)33-29-25-22-20-19-21-24-28-32-39-38(62-39)31-27-6-4-2/h5,7,9-10,12-13,15-16,24,28,37-39,42-47,50-53H,3-4,6,8,11,14,17-23,25-27,29-36H2,1-2H3,(H,57,58)(H2,54,55,56)/b7-5-,10-9-,13-12-,16-15-,28-24-/t37-,38?,39?,42?,43?,44?,45?,46-,47+/m1/s1. The van der Waals surface area contributed by atoms with Crippen LogP contribution in [0.5, 0.6) is 0 Å². The molecule has 1 heterocycles. The Kier molecular flexibility index (Phi) is 31.6. The van der Waals surface area contributed by atoms with Gasteiger partial charge >= 0.3 is 27.6 Å². The summed E-state index contributed by atoms with van der Waals surface area (Å²) in [4.78, 5) is 54.3. The summed E-state index contributed by atoms with van der Waals surface area (Å²) >= 11 is 0.